The molecule has 0 aliphatic carbocycles. The maximum absolute atomic E-state index is 12.3. The summed E-state index contributed by atoms with van der Waals surface area (Å²) in [7, 11) is 3.19. The van der Waals surface area contributed by atoms with Crippen LogP contribution >= 0.6 is 0 Å². The van der Waals surface area contributed by atoms with Crippen molar-refractivity contribution >= 4 is 29.9 Å². The van der Waals surface area contributed by atoms with Crippen molar-refractivity contribution in [2.24, 2.45) is 10.2 Å². The van der Waals surface area contributed by atoms with Crippen LogP contribution < -0.4 is 25.6 Å². The van der Waals surface area contributed by atoms with Crippen molar-refractivity contribution in [2.75, 3.05) is 26.1 Å². The molecule has 3 aromatic rings. The first kappa shape index (κ1) is 26.0. The monoisotopic (exact) mass is 487 g/mol. The smallest absolute Gasteiger partial charge is 0.271 e. The Bertz CT molecular complexity index is 1210. The Morgan fingerprint density at radius 3 is 1.97 bits per heavy atom. The van der Waals surface area contributed by atoms with Gasteiger partial charge in [-0.3, -0.25) is 9.59 Å². The van der Waals surface area contributed by atoms with E-state index in [0.29, 0.717) is 30.7 Å². The van der Waals surface area contributed by atoms with E-state index in [2.05, 4.69) is 26.4 Å². The summed E-state index contributed by atoms with van der Waals surface area (Å²) in [4.78, 5) is 24.2. The number of methoxy groups -OCH3 is 2. The Morgan fingerprint density at radius 2 is 1.39 bits per heavy atom. The Morgan fingerprint density at radius 1 is 0.806 bits per heavy atom. The highest BCUT2D eigenvalue weighted by Crippen LogP contribution is 2.12. The van der Waals surface area contributed by atoms with Gasteiger partial charge in [-0.15, -0.1) is 0 Å². The van der Waals surface area contributed by atoms with Gasteiger partial charge in [0.1, 0.15) is 11.5 Å². The minimum atomic E-state index is -0.313. The first-order valence-corrected chi connectivity index (χ1v) is 11.3. The molecule has 0 saturated carbocycles. The Balaban J connectivity index is 1.35. The van der Waals surface area contributed by atoms with Crippen LogP contribution in [0.3, 0.4) is 0 Å². The number of carbonyl (C=O) groups is 2. The van der Waals surface area contributed by atoms with Crippen molar-refractivity contribution in [2.45, 2.75) is 12.8 Å². The zero-order valence-electron chi connectivity index (χ0n) is 20.2. The predicted octanol–water partition coefficient (Wildman–Crippen LogP) is 3.81. The molecule has 9 nitrogen and oxygen atoms in total. The van der Waals surface area contributed by atoms with Crippen molar-refractivity contribution in [1.29, 1.82) is 0 Å². The van der Waals surface area contributed by atoms with Gasteiger partial charge in [0.15, 0.2) is 0 Å². The molecule has 0 spiro atoms. The third-order valence-corrected chi connectivity index (χ3v) is 5.03. The van der Waals surface area contributed by atoms with Gasteiger partial charge in [-0.2, -0.15) is 10.2 Å². The fourth-order valence-corrected chi connectivity index (χ4v) is 3.13. The summed E-state index contributed by atoms with van der Waals surface area (Å²) in [5, 5.41) is 11.2. The Labute approximate surface area is 210 Å². The van der Waals surface area contributed by atoms with E-state index in [1.54, 1.807) is 50.9 Å². The number of amides is 2. The molecule has 0 aliphatic heterocycles. The molecule has 0 radical (unpaired) electrons. The number of hydrazone groups is 2. The van der Waals surface area contributed by atoms with Crippen molar-refractivity contribution in [1.82, 2.24) is 10.9 Å². The number of nitrogens with one attached hydrogen (secondary N) is 3. The number of carbonyl (C=O) groups excluding carboxylic acids is 2. The summed E-state index contributed by atoms with van der Waals surface area (Å²) in [6, 6.07) is 21.8. The van der Waals surface area contributed by atoms with E-state index in [-0.39, 0.29) is 11.8 Å². The van der Waals surface area contributed by atoms with Crippen LogP contribution in [0.4, 0.5) is 5.69 Å². The average molecular weight is 488 g/mol. The number of nitrogens with zero attached hydrogens (tertiary/aromatic N) is 2. The third-order valence-electron chi connectivity index (χ3n) is 5.03. The normalized spacial score (nSPS) is 10.8. The maximum Gasteiger partial charge on any atom is 0.271 e. The largest absolute Gasteiger partial charge is 0.497 e. The number of anilines is 1. The molecule has 0 saturated heterocycles. The number of hydrogen-bond donors (Lipinski definition) is 3. The number of ether oxygens (including phenoxy) is 2. The quantitative estimate of drug-likeness (QED) is 0.204. The molecular weight excluding hydrogens is 458 g/mol. The highest BCUT2D eigenvalue weighted by atomic mass is 16.5. The molecular formula is C27H29N5O4. The second-order valence-corrected chi connectivity index (χ2v) is 7.65. The van der Waals surface area contributed by atoms with E-state index < -0.39 is 0 Å². The first-order valence-electron chi connectivity index (χ1n) is 11.3. The minimum absolute atomic E-state index is 0.169. The van der Waals surface area contributed by atoms with Crippen LogP contribution in [0.2, 0.25) is 0 Å². The molecule has 3 rings (SSSR count). The van der Waals surface area contributed by atoms with Gasteiger partial charge >= 0.3 is 0 Å². The van der Waals surface area contributed by atoms with Crippen molar-refractivity contribution in [3.05, 3.63) is 89.5 Å². The van der Waals surface area contributed by atoms with Crippen LogP contribution in [0.5, 0.6) is 11.5 Å². The Hall–Kier alpha value is -4.66. The molecule has 3 N–H and O–H groups in total. The molecule has 0 fully saturated rings. The van der Waals surface area contributed by atoms with E-state index >= 15 is 0 Å². The molecule has 9 heteroatoms. The van der Waals surface area contributed by atoms with Crippen molar-refractivity contribution < 1.29 is 19.1 Å². The summed E-state index contributed by atoms with van der Waals surface area (Å²) in [6.07, 6.45) is 4.08. The average Bonchev–Trinajstić information content (AvgIpc) is 2.91. The second-order valence-electron chi connectivity index (χ2n) is 7.65. The lowest BCUT2D eigenvalue weighted by Crippen LogP contribution is -2.18. The summed E-state index contributed by atoms with van der Waals surface area (Å²) >= 11 is 0. The van der Waals surface area contributed by atoms with Crippen LogP contribution in [0.15, 0.2) is 83.0 Å². The number of rotatable bonds is 12. The van der Waals surface area contributed by atoms with E-state index in [1.807, 2.05) is 48.5 Å². The predicted molar refractivity (Wildman–Crippen MR) is 141 cm³/mol. The van der Waals surface area contributed by atoms with Gasteiger partial charge < -0.3 is 14.8 Å². The van der Waals surface area contributed by atoms with Crippen LogP contribution in [0.25, 0.3) is 0 Å². The van der Waals surface area contributed by atoms with Crippen LogP contribution in [0, 0.1) is 0 Å². The zero-order chi connectivity index (χ0) is 25.6. The van der Waals surface area contributed by atoms with E-state index in [1.165, 1.54) is 0 Å². The van der Waals surface area contributed by atoms with Gasteiger partial charge in [-0.1, -0.05) is 24.3 Å². The van der Waals surface area contributed by atoms with E-state index in [0.717, 1.165) is 22.6 Å². The first-order chi connectivity index (χ1) is 17.6. The van der Waals surface area contributed by atoms with Crippen LogP contribution in [-0.2, 0) is 4.79 Å². The molecule has 0 aliphatic rings. The van der Waals surface area contributed by atoms with Crippen LogP contribution in [-0.4, -0.2) is 45.0 Å². The molecule has 3 aromatic carbocycles. The Kier molecular flexibility index (Phi) is 10.0. The topological polar surface area (TPSA) is 113 Å². The van der Waals surface area contributed by atoms with Gasteiger partial charge in [-0.25, -0.2) is 10.9 Å². The van der Waals surface area contributed by atoms with Gasteiger partial charge in [0.25, 0.3) is 5.91 Å². The molecule has 0 atom stereocenters. The SMILES string of the molecule is COc1cccc(/C=N/NC(=O)CCCNc2ccc(C(=O)N/N=C/c3cccc(OC)c3)cc2)c1. The van der Waals surface area contributed by atoms with Gasteiger partial charge in [0.05, 0.1) is 26.6 Å². The zero-order valence-corrected chi connectivity index (χ0v) is 20.2. The fraction of sp³-hybridized carbons (Fsp3) is 0.185. The summed E-state index contributed by atoms with van der Waals surface area (Å²) in [5.41, 5.74) is 8.00. The van der Waals surface area contributed by atoms with Gasteiger partial charge in [0, 0.05) is 24.2 Å². The standard InChI is InChI=1S/C27H29N5O4/c1-35-24-8-3-6-20(16-24)18-29-31-26(33)10-5-15-28-23-13-11-22(12-14-23)27(34)32-30-19-21-7-4-9-25(17-21)36-2/h3-4,6-9,11-14,16-19,28H,5,10,15H2,1-2H3,(H,31,33)(H,32,34)/b29-18+,30-19+. The second kappa shape index (κ2) is 13.9. The number of benzene rings is 3. The fourth-order valence-electron chi connectivity index (χ4n) is 3.13. The lowest BCUT2D eigenvalue weighted by molar-refractivity contribution is -0.121. The van der Waals surface area contributed by atoms with Gasteiger partial charge in [0.2, 0.25) is 5.91 Å². The van der Waals surface area contributed by atoms with E-state index in [4.69, 9.17) is 9.47 Å². The van der Waals surface area contributed by atoms with Gasteiger partial charge in [-0.05, 0) is 66.1 Å². The summed E-state index contributed by atoms with van der Waals surface area (Å²) < 4.78 is 10.3. The lowest BCUT2D eigenvalue weighted by Gasteiger charge is -2.07. The maximum atomic E-state index is 12.3. The molecule has 0 aromatic heterocycles. The number of hydrogen-bond acceptors (Lipinski definition) is 7. The van der Waals surface area contributed by atoms with Crippen molar-refractivity contribution in [3.63, 3.8) is 0 Å². The highest BCUT2D eigenvalue weighted by molar-refractivity contribution is 5.95. The highest BCUT2D eigenvalue weighted by Gasteiger charge is 2.04. The molecule has 0 unspecified atom stereocenters. The molecule has 36 heavy (non-hydrogen) atoms. The molecule has 0 heterocycles. The summed E-state index contributed by atoms with van der Waals surface area (Å²) in [5.74, 6) is 0.958. The lowest BCUT2D eigenvalue weighted by atomic mass is 10.2. The molecule has 186 valence electrons. The van der Waals surface area contributed by atoms with Crippen molar-refractivity contribution in [3.8, 4) is 11.5 Å². The molecule has 0 bridgehead atoms. The summed E-state index contributed by atoms with van der Waals surface area (Å²) in [6.45, 7) is 0.601. The van der Waals surface area contributed by atoms with E-state index in [9.17, 15) is 9.59 Å². The third kappa shape index (κ3) is 8.60. The molecule has 2 amide bonds. The van der Waals surface area contributed by atoms with Crippen LogP contribution in [0.1, 0.15) is 34.3 Å². The minimum Gasteiger partial charge on any atom is -0.497 e.